The highest BCUT2D eigenvalue weighted by molar-refractivity contribution is 4.93. The van der Waals surface area contributed by atoms with Crippen LogP contribution in [-0.2, 0) is 23.7 Å². The highest BCUT2D eigenvalue weighted by atomic mass is 19.1. The highest BCUT2D eigenvalue weighted by Gasteiger charge is 2.48. The largest absolute Gasteiger partial charge is 0.375 e. The second-order valence-electron chi connectivity index (χ2n) is 4.72. The van der Waals surface area contributed by atoms with E-state index in [1.807, 2.05) is 0 Å². The summed E-state index contributed by atoms with van der Waals surface area (Å²) >= 11 is 0. The summed E-state index contributed by atoms with van der Waals surface area (Å²) in [6, 6.07) is 0. The second kappa shape index (κ2) is 10.6. The first-order chi connectivity index (χ1) is 10.7. The minimum absolute atomic E-state index is 0.0785. The van der Waals surface area contributed by atoms with Crippen molar-refractivity contribution in [2.75, 3.05) is 33.5 Å². The Hall–Kier alpha value is -1.05. The summed E-state index contributed by atoms with van der Waals surface area (Å²) in [6.07, 6.45) is 0.212. The van der Waals surface area contributed by atoms with Crippen LogP contribution in [-0.4, -0.2) is 64.3 Å². The molecule has 1 saturated heterocycles. The minimum Gasteiger partial charge on any atom is -0.375 e. The van der Waals surface area contributed by atoms with E-state index in [1.54, 1.807) is 18.2 Å². The zero-order valence-corrected chi connectivity index (χ0v) is 13.0. The lowest BCUT2D eigenvalue weighted by molar-refractivity contribution is -0.298. The molecule has 0 aromatic rings. The molecule has 0 aromatic heterocycles. The summed E-state index contributed by atoms with van der Waals surface area (Å²) in [4.78, 5) is 0. The van der Waals surface area contributed by atoms with Crippen molar-refractivity contribution in [3.05, 3.63) is 38.0 Å². The molecule has 0 unspecified atom stereocenters. The van der Waals surface area contributed by atoms with Gasteiger partial charge in [0.25, 0.3) is 0 Å². The zero-order valence-electron chi connectivity index (χ0n) is 13.0. The quantitative estimate of drug-likeness (QED) is 0.431. The van der Waals surface area contributed by atoms with Crippen LogP contribution in [0.3, 0.4) is 0 Å². The lowest BCUT2D eigenvalue weighted by Crippen LogP contribution is -2.59. The van der Waals surface area contributed by atoms with E-state index in [9.17, 15) is 4.39 Å². The molecule has 5 nitrogen and oxygen atoms in total. The number of hydrogen-bond donors (Lipinski definition) is 0. The van der Waals surface area contributed by atoms with Crippen LogP contribution < -0.4 is 0 Å². The number of ether oxygens (including phenoxy) is 5. The number of hydrogen-bond acceptors (Lipinski definition) is 5. The van der Waals surface area contributed by atoms with E-state index < -0.39 is 30.8 Å². The Bertz CT molecular complexity index is 349. The third kappa shape index (κ3) is 5.30. The van der Waals surface area contributed by atoms with E-state index in [-0.39, 0.29) is 19.8 Å². The van der Waals surface area contributed by atoms with Crippen molar-refractivity contribution in [3.8, 4) is 0 Å². The van der Waals surface area contributed by atoms with Crippen LogP contribution in [0.15, 0.2) is 38.0 Å². The van der Waals surface area contributed by atoms with Gasteiger partial charge in [0.1, 0.15) is 18.3 Å². The molecule has 0 N–H and O–H groups in total. The average molecular weight is 316 g/mol. The molecule has 1 heterocycles. The Balaban J connectivity index is 2.80. The predicted molar refractivity (Wildman–Crippen MR) is 81.5 cm³/mol. The van der Waals surface area contributed by atoms with Gasteiger partial charge in [-0.15, -0.1) is 19.7 Å². The molecule has 0 radical (unpaired) electrons. The van der Waals surface area contributed by atoms with Crippen LogP contribution in [0.1, 0.15) is 0 Å². The molecule has 0 amide bonds. The summed E-state index contributed by atoms with van der Waals surface area (Å²) < 4.78 is 41.9. The van der Waals surface area contributed by atoms with Crippen LogP contribution in [0.5, 0.6) is 0 Å². The van der Waals surface area contributed by atoms with Crippen molar-refractivity contribution in [2.24, 2.45) is 0 Å². The van der Waals surface area contributed by atoms with E-state index in [0.29, 0.717) is 6.61 Å². The van der Waals surface area contributed by atoms with Gasteiger partial charge in [0.05, 0.1) is 26.4 Å². The Morgan fingerprint density at radius 2 is 1.59 bits per heavy atom. The smallest absolute Gasteiger partial charge is 0.186 e. The molecular weight excluding hydrogens is 291 g/mol. The lowest BCUT2D eigenvalue weighted by Gasteiger charge is -2.42. The molecule has 22 heavy (non-hydrogen) atoms. The van der Waals surface area contributed by atoms with Crippen LogP contribution in [0, 0.1) is 0 Å². The van der Waals surface area contributed by atoms with Crippen LogP contribution in [0.2, 0.25) is 0 Å². The zero-order chi connectivity index (χ0) is 16.4. The Morgan fingerprint density at radius 1 is 1.00 bits per heavy atom. The Kier molecular flexibility index (Phi) is 9.19. The highest BCUT2D eigenvalue weighted by Crippen LogP contribution is 2.28. The first-order valence-corrected chi connectivity index (χ1v) is 7.15. The lowest BCUT2D eigenvalue weighted by atomic mass is 10.00. The van der Waals surface area contributed by atoms with Gasteiger partial charge in [0.15, 0.2) is 12.5 Å². The van der Waals surface area contributed by atoms with Gasteiger partial charge in [0.2, 0.25) is 0 Å². The molecule has 0 aromatic carbocycles. The van der Waals surface area contributed by atoms with Crippen molar-refractivity contribution in [1.82, 2.24) is 0 Å². The van der Waals surface area contributed by atoms with Gasteiger partial charge in [-0.1, -0.05) is 18.2 Å². The van der Waals surface area contributed by atoms with Gasteiger partial charge >= 0.3 is 0 Å². The minimum atomic E-state index is -1.41. The van der Waals surface area contributed by atoms with Crippen molar-refractivity contribution in [2.45, 2.75) is 30.8 Å². The fraction of sp³-hybridized carbons (Fsp3) is 0.625. The summed E-state index contributed by atoms with van der Waals surface area (Å²) in [7, 11) is 1.47. The van der Waals surface area contributed by atoms with Gasteiger partial charge in [-0.05, 0) is 0 Å². The molecule has 1 aliphatic heterocycles. The fourth-order valence-corrected chi connectivity index (χ4v) is 2.18. The topological polar surface area (TPSA) is 46.2 Å². The summed E-state index contributed by atoms with van der Waals surface area (Å²) in [6.45, 7) is 11.5. The molecule has 1 aliphatic rings. The van der Waals surface area contributed by atoms with Gasteiger partial charge in [-0.25, -0.2) is 4.39 Å². The molecule has 0 aliphatic carbocycles. The molecule has 0 saturated carbocycles. The molecule has 1 fully saturated rings. The SMILES string of the molecule is C=CCOC[C@H]1O[C@H](OC)[C@H](OCC=C)[C@@H](OCC=C)[C@@H]1F. The maximum atomic E-state index is 14.7. The number of alkyl halides is 1. The standard InChI is InChI=1S/C16H25FO5/c1-5-8-19-11-12-13(17)14(20-9-6-2)15(21-10-7-3)16(18-4)22-12/h5-7,12-16H,1-3,8-11H2,4H3/t12-,13-,14+,15-,16+/m1/s1. The van der Waals surface area contributed by atoms with E-state index >= 15 is 0 Å². The summed E-state index contributed by atoms with van der Waals surface area (Å²) in [5, 5.41) is 0. The first kappa shape index (κ1) is 19.0. The molecule has 5 atom stereocenters. The number of rotatable bonds is 11. The van der Waals surface area contributed by atoms with Crippen LogP contribution >= 0.6 is 0 Å². The van der Waals surface area contributed by atoms with Crippen molar-refractivity contribution in [1.29, 1.82) is 0 Å². The maximum absolute atomic E-state index is 14.7. The predicted octanol–water partition coefficient (Wildman–Crippen LogP) is 2.04. The average Bonchev–Trinajstić information content (AvgIpc) is 2.53. The van der Waals surface area contributed by atoms with Gasteiger partial charge in [0, 0.05) is 7.11 Å². The van der Waals surface area contributed by atoms with Gasteiger partial charge in [-0.3, -0.25) is 0 Å². The third-order valence-corrected chi connectivity index (χ3v) is 3.13. The normalized spacial score (nSPS) is 31.6. The number of halogens is 1. The van der Waals surface area contributed by atoms with E-state index in [1.165, 1.54) is 7.11 Å². The first-order valence-electron chi connectivity index (χ1n) is 7.15. The van der Waals surface area contributed by atoms with Crippen LogP contribution in [0.4, 0.5) is 4.39 Å². The Labute approximate surface area is 131 Å². The van der Waals surface area contributed by atoms with Crippen LogP contribution in [0.25, 0.3) is 0 Å². The summed E-state index contributed by atoms with van der Waals surface area (Å²) in [5.74, 6) is 0. The van der Waals surface area contributed by atoms with Gasteiger partial charge in [-0.2, -0.15) is 0 Å². The summed E-state index contributed by atoms with van der Waals surface area (Å²) in [5.41, 5.74) is 0. The number of methoxy groups -OCH3 is 1. The Morgan fingerprint density at radius 3 is 2.14 bits per heavy atom. The van der Waals surface area contributed by atoms with E-state index in [2.05, 4.69) is 19.7 Å². The second-order valence-corrected chi connectivity index (χ2v) is 4.72. The van der Waals surface area contributed by atoms with E-state index in [0.717, 1.165) is 0 Å². The fourth-order valence-electron chi connectivity index (χ4n) is 2.18. The third-order valence-electron chi connectivity index (χ3n) is 3.13. The van der Waals surface area contributed by atoms with Gasteiger partial charge < -0.3 is 23.7 Å². The molecule has 6 heteroatoms. The monoisotopic (exact) mass is 316 g/mol. The van der Waals surface area contributed by atoms with E-state index in [4.69, 9.17) is 23.7 Å². The van der Waals surface area contributed by atoms with Crippen molar-refractivity contribution < 1.29 is 28.1 Å². The molecular formula is C16H25FO5. The molecule has 126 valence electrons. The van der Waals surface area contributed by atoms with Crippen molar-refractivity contribution >= 4 is 0 Å². The molecule has 1 rings (SSSR count). The molecule has 0 bridgehead atoms. The van der Waals surface area contributed by atoms with Crippen molar-refractivity contribution in [3.63, 3.8) is 0 Å². The maximum Gasteiger partial charge on any atom is 0.186 e. The molecule has 0 spiro atoms.